The lowest BCUT2D eigenvalue weighted by atomic mass is 10.1. The van der Waals surface area contributed by atoms with Crippen LogP contribution in [-0.4, -0.2) is 33.9 Å². The Morgan fingerprint density at radius 1 is 1.41 bits per heavy atom. The second kappa shape index (κ2) is 5.88. The molecule has 1 aromatic carbocycles. The molecule has 6 heteroatoms. The Kier molecular flexibility index (Phi) is 3.94. The number of hydrogen-bond acceptors (Lipinski definition) is 4. The topological polar surface area (TPSA) is 73.2 Å². The van der Waals surface area contributed by atoms with Crippen molar-refractivity contribution in [3.8, 4) is 0 Å². The van der Waals surface area contributed by atoms with E-state index in [0.29, 0.717) is 10.9 Å². The molecule has 2 heterocycles. The molecule has 3 atom stereocenters. The first-order chi connectivity index (χ1) is 10.5. The predicted octanol–water partition coefficient (Wildman–Crippen LogP) is 1.08. The van der Waals surface area contributed by atoms with Crippen molar-refractivity contribution >= 4 is 16.8 Å². The van der Waals surface area contributed by atoms with Gasteiger partial charge in [-0.05, 0) is 32.4 Å². The highest BCUT2D eigenvalue weighted by molar-refractivity contribution is 5.81. The van der Waals surface area contributed by atoms with Gasteiger partial charge in [0.25, 0.3) is 0 Å². The molecule has 3 unspecified atom stereocenters. The minimum Gasteiger partial charge on any atom is -0.373 e. The minimum atomic E-state index is -0.140. The number of aromatic nitrogens is 2. The summed E-state index contributed by atoms with van der Waals surface area (Å²) in [6.45, 7) is 4.04. The maximum absolute atomic E-state index is 12.2. The lowest BCUT2D eigenvalue weighted by molar-refractivity contribution is -0.122. The third kappa shape index (κ3) is 2.87. The maximum Gasteiger partial charge on any atom is 0.242 e. The summed E-state index contributed by atoms with van der Waals surface area (Å²) >= 11 is 0. The number of nitrogens with one attached hydrogen (secondary N) is 1. The van der Waals surface area contributed by atoms with E-state index < -0.39 is 0 Å². The quantitative estimate of drug-likeness (QED) is 0.920. The van der Waals surface area contributed by atoms with E-state index in [9.17, 15) is 9.59 Å². The molecule has 1 saturated heterocycles. The van der Waals surface area contributed by atoms with Crippen LogP contribution in [0.2, 0.25) is 0 Å². The van der Waals surface area contributed by atoms with E-state index in [1.54, 1.807) is 22.9 Å². The first-order valence-corrected chi connectivity index (χ1v) is 7.44. The first kappa shape index (κ1) is 14.7. The van der Waals surface area contributed by atoms with Crippen LogP contribution in [0.5, 0.6) is 0 Å². The molecule has 0 aliphatic carbocycles. The molecule has 1 aliphatic rings. The average Bonchev–Trinajstić information content (AvgIpc) is 2.80. The number of carbonyl (C=O) groups excluding carboxylic acids is 1. The maximum atomic E-state index is 12.2. The Labute approximate surface area is 128 Å². The van der Waals surface area contributed by atoms with E-state index >= 15 is 0 Å². The fourth-order valence-corrected chi connectivity index (χ4v) is 2.92. The van der Waals surface area contributed by atoms with Crippen molar-refractivity contribution in [1.29, 1.82) is 0 Å². The Morgan fingerprint density at radius 3 is 2.91 bits per heavy atom. The highest BCUT2D eigenvalue weighted by Gasteiger charge is 2.30. The zero-order valence-electron chi connectivity index (χ0n) is 12.7. The van der Waals surface area contributed by atoms with Crippen LogP contribution < -0.4 is 10.7 Å². The number of para-hydroxylation sites is 1. The number of rotatable bonds is 3. The number of carbonyl (C=O) groups is 1. The summed E-state index contributed by atoms with van der Waals surface area (Å²) in [5, 5.41) is 7.62. The largest absolute Gasteiger partial charge is 0.373 e. The van der Waals surface area contributed by atoms with Crippen molar-refractivity contribution in [3.05, 3.63) is 40.7 Å². The molecule has 1 fully saturated rings. The standard InChI is InChI=1S/C16H19N3O3/c1-10-7-13(11(2)22-10)18-16(21)9-19-14-6-4-3-5-12(14)15(20)8-17-19/h3-6,8,10-11,13H,7,9H2,1-2H3,(H,18,21). The zero-order valence-corrected chi connectivity index (χ0v) is 12.7. The van der Waals surface area contributed by atoms with Gasteiger partial charge in [-0.3, -0.25) is 14.3 Å². The van der Waals surface area contributed by atoms with Gasteiger partial charge < -0.3 is 10.1 Å². The van der Waals surface area contributed by atoms with Gasteiger partial charge in [-0.2, -0.15) is 5.10 Å². The Balaban J connectivity index is 1.77. The van der Waals surface area contributed by atoms with Gasteiger partial charge in [-0.15, -0.1) is 0 Å². The molecule has 1 aliphatic heterocycles. The summed E-state index contributed by atoms with van der Waals surface area (Å²) in [5.74, 6) is -0.129. The van der Waals surface area contributed by atoms with Gasteiger partial charge >= 0.3 is 0 Å². The van der Waals surface area contributed by atoms with E-state index in [0.717, 1.165) is 6.42 Å². The molecule has 116 valence electrons. The molecule has 0 spiro atoms. The van der Waals surface area contributed by atoms with E-state index in [4.69, 9.17) is 4.74 Å². The van der Waals surface area contributed by atoms with E-state index in [1.807, 2.05) is 19.9 Å². The van der Waals surface area contributed by atoms with Gasteiger partial charge in [0.2, 0.25) is 11.3 Å². The SMILES string of the molecule is CC1CC(NC(=O)Cn2ncc(=O)c3ccccc32)C(C)O1. The lowest BCUT2D eigenvalue weighted by Crippen LogP contribution is -2.41. The summed E-state index contributed by atoms with van der Waals surface area (Å²) in [6, 6.07) is 7.18. The summed E-state index contributed by atoms with van der Waals surface area (Å²) in [7, 11) is 0. The summed E-state index contributed by atoms with van der Waals surface area (Å²) in [6.07, 6.45) is 2.23. The number of nitrogens with zero attached hydrogens (tertiary/aromatic N) is 2. The molecular formula is C16H19N3O3. The lowest BCUT2D eigenvalue weighted by Gasteiger charge is -2.16. The van der Waals surface area contributed by atoms with E-state index in [1.165, 1.54) is 6.20 Å². The zero-order chi connectivity index (χ0) is 15.7. The van der Waals surface area contributed by atoms with Crippen molar-refractivity contribution in [1.82, 2.24) is 15.1 Å². The van der Waals surface area contributed by atoms with Crippen molar-refractivity contribution < 1.29 is 9.53 Å². The molecule has 2 aromatic rings. The highest BCUT2D eigenvalue weighted by atomic mass is 16.5. The molecule has 3 rings (SSSR count). The first-order valence-electron chi connectivity index (χ1n) is 7.44. The Bertz CT molecular complexity index is 756. The van der Waals surface area contributed by atoms with Crippen molar-refractivity contribution in [3.63, 3.8) is 0 Å². The molecule has 0 radical (unpaired) electrons. The Hall–Kier alpha value is -2.21. The van der Waals surface area contributed by atoms with Crippen LogP contribution in [0, 0.1) is 0 Å². The van der Waals surface area contributed by atoms with Gasteiger partial charge in [0.05, 0.1) is 30.0 Å². The van der Waals surface area contributed by atoms with Gasteiger partial charge in [-0.1, -0.05) is 12.1 Å². The summed E-state index contributed by atoms with van der Waals surface area (Å²) in [4.78, 5) is 24.0. The third-order valence-corrected chi connectivity index (χ3v) is 4.00. The number of fused-ring (bicyclic) bond motifs is 1. The van der Waals surface area contributed by atoms with Crippen LogP contribution in [0.4, 0.5) is 0 Å². The molecule has 0 bridgehead atoms. The second-order valence-corrected chi connectivity index (χ2v) is 5.75. The minimum absolute atomic E-state index is 0.0117. The number of amides is 1. The van der Waals surface area contributed by atoms with Crippen LogP contribution in [-0.2, 0) is 16.1 Å². The van der Waals surface area contributed by atoms with Crippen LogP contribution >= 0.6 is 0 Å². The summed E-state index contributed by atoms with van der Waals surface area (Å²) in [5.41, 5.74) is 0.521. The van der Waals surface area contributed by atoms with Gasteiger partial charge in [0.15, 0.2) is 0 Å². The fourth-order valence-electron chi connectivity index (χ4n) is 2.92. The van der Waals surface area contributed by atoms with Crippen LogP contribution in [0.1, 0.15) is 20.3 Å². The fraction of sp³-hybridized carbons (Fsp3) is 0.438. The molecular weight excluding hydrogens is 282 g/mol. The van der Waals surface area contributed by atoms with Crippen LogP contribution in [0.25, 0.3) is 10.9 Å². The molecule has 22 heavy (non-hydrogen) atoms. The van der Waals surface area contributed by atoms with Gasteiger partial charge in [0, 0.05) is 5.39 Å². The van der Waals surface area contributed by atoms with Crippen molar-refractivity contribution in [2.75, 3.05) is 0 Å². The Morgan fingerprint density at radius 2 is 2.18 bits per heavy atom. The number of hydrogen-bond donors (Lipinski definition) is 1. The van der Waals surface area contributed by atoms with E-state index in [2.05, 4.69) is 10.4 Å². The predicted molar refractivity (Wildman–Crippen MR) is 82.6 cm³/mol. The number of benzene rings is 1. The molecule has 6 nitrogen and oxygen atoms in total. The van der Waals surface area contributed by atoms with Gasteiger partial charge in [-0.25, -0.2) is 0 Å². The monoisotopic (exact) mass is 301 g/mol. The van der Waals surface area contributed by atoms with Crippen molar-refractivity contribution in [2.24, 2.45) is 0 Å². The van der Waals surface area contributed by atoms with Gasteiger partial charge in [0.1, 0.15) is 6.54 Å². The molecule has 1 amide bonds. The number of ether oxygens (including phenoxy) is 1. The average molecular weight is 301 g/mol. The van der Waals surface area contributed by atoms with Crippen molar-refractivity contribution in [2.45, 2.75) is 45.1 Å². The summed E-state index contributed by atoms with van der Waals surface area (Å²) < 4.78 is 7.18. The molecule has 0 saturated carbocycles. The van der Waals surface area contributed by atoms with Crippen LogP contribution in [0.15, 0.2) is 35.3 Å². The normalized spacial score (nSPS) is 24.5. The molecule has 1 aromatic heterocycles. The van der Waals surface area contributed by atoms with Crippen LogP contribution in [0.3, 0.4) is 0 Å². The second-order valence-electron chi connectivity index (χ2n) is 5.75. The smallest absolute Gasteiger partial charge is 0.242 e. The third-order valence-electron chi connectivity index (χ3n) is 4.00. The van der Waals surface area contributed by atoms with E-state index in [-0.39, 0.29) is 36.1 Å². The molecule has 1 N–H and O–H groups in total. The highest BCUT2D eigenvalue weighted by Crippen LogP contribution is 2.19.